The monoisotopic (exact) mass is 401 g/mol. The molecule has 0 bridgehead atoms. The molecule has 1 aromatic heterocycles. The molecule has 2 aromatic rings. The molecule has 0 saturated heterocycles. The number of benzene rings is 1. The van der Waals surface area contributed by atoms with Gasteiger partial charge in [0.25, 0.3) is 0 Å². The van der Waals surface area contributed by atoms with Gasteiger partial charge in [-0.25, -0.2) is 4.98 Å². The maximum atomic E-state index is 5.55. The molecule has 4 heteroatoms. The van der Waals surface area contributed by atoms with Crippen LogP contribution >= 0.6 is 0 Å². The number of hydrogen-bond donors (Lipinski definition) is 0. The molecule has 87 valence electrons. The van der Waals surface area contributed by atoms with E-state index in [1.165, 1.54) is 6.33 Å². The molecule has 0 unspecified atom stereocenters. The van der Waals surface area contributed by atoms with Crippen LogP contribution in [0.25, 0.3) is 11.4 Å². The summed E-state index contributed by atoms with van der Waals surface area (Å²) < 4.78 is 0. The van der Waals surface area contributed by atoms with Crippen LogP contribution in [0, 0.1) is 19.9 Å². The average molecular weight is 400 g/mol. The molecule has 0 saturated carbocycles. The standard InChI is InChI=1S/C13H10N3.Ir/c1-3-10-6-5-7-11(8-10)13-15-9-14-12(4-2)16-13;/h1-2,5-7,9H,3-4H2;/q-1;. The first-order valence-electron chi connectivity index (χ1n) is 4.93. The molecule has 5 radical (unpaired) electrons. The van der Waals surface area contributed by atoms with E-state index in [2.05, 4.69) is 21.0 Å². The van der Waals surface area contributed by atoms with Gasteiger partial charge in [0.05, 0.1) is 5.82 Å². The second-order valence-electron chi connectivity index (χ2n) is 3.22. The van der Waals surface area contributed by atoms with Crippen molar-refractivity contribution in [1.29, 1.82) is 0 Å². The molecule has 17 heavy (non-hydrogen) atoms. The second kappa shape index (κ2) is 6.57. The number of nitrogens with zero attached hydrogens (tertiary/aromatic N) is 3. The number of rotatable bonds is 3. The summed E-state index contributed by atoms with van der Waals surface area (Å²) in [7, 11) is 0. The first-order chi connectivity index (χ1) is 7.83. The van der Waals surface area contributed by atoms with Crippen LogP contribution in [0.2, 0.25) is 0 Å². The van der Waals surface area contributed by atoms with E-state index in [4.69, 9.17) is 13.8 Å². The molecule has 0 aliphatic rings. The van der Waals surface area contributed by atoms with Gasteiger partial charge in [-0.1, -0.05) is 0 Å². The maximum absolute atomic E-state index is 5.55. The molecule has 1 aromatic carbocycles. The zero-order valence-electron chi connectivity index (χ0n) is 9.05. The largest absolute Gasteiger partial charge is 0.266 e. The van der Waals surface area contributed by atoms with Crippen molar-refractivity contribution in [3.05, 3.63) is 55.8 Å². The summed E-state index contributed by atoms with van der Waals surface area (Å²) in [6.45, 7) is 11.0. The van der Waals surface area contributed by atoms with Gasteiger partial charge in [-0.15, -0.1) is 35.4 Å². The van der Waals surface area contributed by atoms with E-state index >= 15 is 0 Å². The zero-order valence-corrected chi connectivity index (χ0v) is 11.4. The van der Waals surface area contributed by atoms with Crippen LogP contribution in [0.4, 0.5) is 0 Å². The van der Waals surface area contributed by atoms with Gasteiger partial charge in [0, 0.05) is 26.5 Å². The fraction of sp³-hybridized carbons (Fsp3) is 0.154. The van der Waals surface area contributed by atoms with Gasteiger partial charge in [0.2, 0.25) is 0 Å². The van der Waals surface area contributed by atoms with Crippen LogP contribution in [0.15, 0.2) is 24.5 Å². The Hall–Kier alpha value is -1.12. The molecular formula is C13H10IrN3-. The predicted octanol–water partition coefficient (Wildman–Crippen LogP) is 1.84. The summed E-state index contributed by atoms with van der Waals surface area (Å²) in [5.74, 6) is 1.14. The van der Waals surface area contributed by atoms with E-state index in [-0.39, 0.29) is 20.1 Å². The summed E-state index contributed by atoms with van der Waals surface area (Å²) in [5, 5.41) is 0. The summed E-state index contributed by atoms with van der Waals surface area (Å²) in [6.07, 6.45) is 2.20. The van der Waals surface area contributed by atoms with Crippen molar-refractivity contribution in [2.75, 3.05) is 0 Å². The fourth-order valence-electron chi connectivity index (χ4n) is 1.32. The topological polar surface area (TPSA) is 38.7 Å². The van der Waals surface area contributed by atoms with Gasteiger partial charge < -0.3 is 0 Å². The second-order valence-corrected chi connectivity index (χ2v) is 3.22. The Labute approximate surface area is 115 Å². The first kappa shape index (κ1) is 13.9. The van der Waals surface area contributed by atoms with Crippen molar-refractivity contribution in [3.8, 4) is 11.4 Å². The van der Waals surface area contributed by atoms with Gasteiger partial charge in [0.1, 0.15) is 12.2 Å². The summed E-state index contributed by atoms with van der Waals surface area (Å²) in [6, 6.07) is 8.84. The van der Waals surface area contributed by atoms with Gasteiger partial charge >= 0.3 is 0 Å². The van der Waals surface area contributed by atoms with Crippen molar-refractivity contribution < 1.29 is 20.1 Å². The van der Waals surface area contributed by atoms with E-state index in [1.807, 2.05) is 18.2 Å². The van der Waals surface area contributed by atoms with Gasteiger partial charge in [0.15, 0.2) is 0 Å². The maximum Gasteiger partial charge on any atom is 0.122 e. The molecular weight excluding hydrogens is 390 g/mol. The van der Waals surface area contributed by atoms with Crippen LogP contribution in [-0.2, 0) is 32.9 Å². The predicted molar refractivity (Wildman–Crippen MR) is 60.1 cm³/mol. The van der Waals surface area contributed by atoms with Crippen LogP contribution in [-0.4, -0.2) is 15.0 Å². The van der Waals surface area contributed by atoms with Gasteiger partial charge in [-0.05, 0) is 20.3 Å². The Morgan fingerprint density at radius 3 is 2.65 bits per heavy atom. The van der Waals surface area contributed by atoms with E-state index in [9.17, 15) is 0 Å². The number of hydrogen-bond acceptors (Lipinski definition) is 3. The Kier molecular flexibility index (Phi) is 5.39. The normalized spacial score (nSPS) is 9.76. The summed E-state index contributed by atoms with van der Waals surface area (Å²) in [5.41, 5.74) is 1.73. The van der Waals surface area contributed by atoms with Crippen molar-refractivity contribution in [3.63, 3.8) is 0 Å². The summed E-state index contributed by atoms with van der Waals surface area (Å²) in [4.78, 5) is 12.2. The fourth-order valence-corrected chi connectivity index (χ4v) is 1.32. The third-order valence-electron chi connectivity index (χ3n) is 2.12. The van der Waals surface area contributed by atoms with Crippen LogP contribution in [0.5, 0.6) is 0 Å². The first-order valence-corrected chi connectivity index (χ1v) is 4.93. The number of aromatic nitrogens is 3. The van der Waals surface area contributed by atoms with E-state index in [0.717, 1.165) is 11.1 Å². The van der Waals surface area contributed by atoms with Crippen LogP contribution in [0.1, 0.15) is 11.4 Å². The third-order valence-corrected chi connectivity index (χ3v) is 2.12. The molecule has 3 nitrogen and oxygen atoms in total. The summed E-state index contributed by atoms with van der Waals surface area (Å²) >= 11 is 0. The van der Waals surface area contributed by atoms with Crippen molar-refractivity contribution >= 4 is 0 Å². The molecule has 0 atom stereocenters. The van der Waals surface area contributed by atoms with Crippen LogP contribution < -0.4 is 0 Å². The average Bonchev–Trinajstić information content (AvgIpc) is 2.39. The molecule has 1 heterocycles. The molecule has 0 fully saturated rings. The van der Waals surface area contributed by atoms with Crippen molar-refractivity contribution in [1.82, 2.24) is 15.0 Å². The Balaban J connectivity index is 0.00000144. The Morgan fingerprint density at radius 2 is 1.94 bits per heavy atom. The van der Waals surface area contributed by atoms with E-state index in [1.54, 1.807) is 0 Å². The quantitative estimate of drug-likeness (QED) is 0.738. The van der Waals surface area contributed by atoms with Crippen molar-refractivity contribution in [2.24, 2.45) is 0 Å². The Morgan fingerprint density at radius 1 is 1.12 bits per heavy atom. The van der Waals surface area contributed by atoms with Gasteiger partial charge in [-0.3, -0.25) is 9.97 Å². The van der Waals surface area contributed by atoms with Gasteiger partial charge in [-0.2, -0.15) is 0 Å². The Bertz CT molecular complexity index is 440. The smallest absolute Gasteiger partial charge is 0.122 e. The SMILES string of the molecule is [CH]Cc1[c-]c(-c2ncnc(C[CH])n2)ccc1.[Ir]. The molecule has 0 N–H and O–H groups in total. The molecule has 0 aliphatic carbocycles. The van der Waals surface area contributed by atoms with Crippen LogP contribution in [0.3, 0.4) is 0 Å². The third kappa shape index (κ3) is 3.42. The minimum Gasteiger partial charge on any atom is -0.266 e. The molecule has 0 amide bonds. The minimum absolute atomic E-state index is 0. The minimum atomic E-state index is 0. The van der Waals surface area contributed by atoms with Crippen molar-refractivity contribution in [2.45, 2.75) is 12.8 Å². The molecule has 0 spiro atoms. The molecule has 2 rings (SSSR count). The molecule has 0 aliphatic heterocycles. The van der Waals surface area contributed by atoms with E-state index < -0.39 is 0 Å². The zero-order chi connectivity index (χ0) is 11.4. The van der Waals surface area contributed by atoms with E-state index in [0.29, 0.717) is 24.5 Å².